The van der Waals surface area contributed by atoms with Crippen molar-refractivity contribution in [3.63, 3.8) is 0 Å². The van der Waals surface area contributed by atoms with Crippen LogP contribution < -0.4 is 9.62 Å². The maximum Gasteiger partial charge on any atom is 0.338 e. The zero-order valence-electron chi connectivity index (χ0n) is 19.7. The molecular weight excluding hydrogens is 452 g/mol. The van der Waals surface area contributed by atoms with Crippen LogP contribution in [0.3, 0.4) is 0 Å². The van der Waals surface area contributed by atoms with E-state index in [1.165, 1.54) is 18.2 Å². The number of carbonyl (C=O) groups is 2. The normalized spacial score (nSPS) is 11.1. The van der Waals surface area contributed by atoms with Crippen molar-refractivity contribution in [1.82, 2.24) is 0 Å². The molecule has 34 heavy (non-hydrogen) atoms. The smallest absolute Gasteiger partial charge is 0.338 e. The summed E-state index contributed by atoms with van der Waals surface area (Å²) in [7, 11) is -4.03. The molecule has 1 amide bonds. The van der Waals surface area contributed by atoms with Crippen molar-refractivity contribution in [2.75, 3.05) is 22.8 Å². The van der Waals surface area contributed by atoms with Crippen LogP contribution in [0, 0.1) is 20.8 Å². The maximum absolute atomic E-state index is 13.6. The summed E-state index contributed by atoms with van der Waals surface area (Å²) < 4.78 is 33.3. The molecule has 1 N–H and O–H groups in total. The molecule has 0 radical (unpaired) electrons. The van der Waals surface area contributed by atoms with Crippen LogP contribution in [-0.4, -0.2) is 33.4 Å². The van der Waals surface area contributed by atoms with Gasteiger partial charge in [-0.3, -0.25) is 9.10 Å². The zero-order valence-corrected chi connectivity index (χ0v) is 20.5. The van der Waals surface area contributed by atoms with Gasteiger partial charge in [-0.2, -0.15) is 0 Å². The van der Waals surface area contributed by atoms with Crippen molar-refractivity contribution in [2.45, 2.75) is 32.6 Å². The fourth-order valence-electron chi connectivity index (χ4n) is 3.39. The Kier molecular flexibility index (Phi) is 7.73. The van der Waals surface area contributed by atoms with Crippen LogP contribution in [0.1, 0.15) is 34.0 Å². The van der Waals surface area contributed by atoms with Crippen LogP contribution in [0.15, 0.2) is 71.6 Å². The van der Waals surface area contributed by atoms with Gasteiger partial charge in [0.15, 0.2) is 0 Å². The van der Waals surface area contributed by atoms with E-state index in [9.17, 15) is 18.0 Å². The van der Waals surface area contributed by atoms with Crippen LogP contribution >= 0.6 is 0 Å². The molecule has 0 spiro atoms. The van der Waals surface area contributed by atoms with Crippen LogP contribution in [0.2, 0.25) is 0 Å². The summed E-state index contributed by atoms with van der Waals surface area (Å²) in [5.74, 6) is -1.05. The van der Waals surface area contributed by atoms with Crippen molar-refractivity contribution in [2.24, 2.45) is 0 Å². The number of nitrogens with one attached hydrogen (secondary N) is 1. The van der Waals surface area contributed by atoms with Gasteiger partial charge in [-0.05, 0) is 75.2 Å². The highest BCUT2D eigenvalue weighted by molar-refractivity contribution is 7.92. The van der Waals surface area contributed by atoms with Crippen molar-refractivity contribution in [3.8, 4) is 0 Å². The molecule has 0 aliphatic rings. The third kappa shape index (κ3) is 5.82. The van der Waals surface area contributed by atoms with Crippen LogP contribution in [0.4, 0.5) is 11.4 Å². The van der Waals surface area contributed by atoms with Gasteiger partial charge >= 0.3 is 5.97 Å². The second-order valence-electron chi connectivity index (χ2n) is 7.96. The zero-order chi connectivity index (χ0) is 24.9. The third-order valence-corrected chi connectivity index (χ3v) is 6.96. The number of hydrogen-bond donors (Lipinski definition) is 1. The van der Waals surface area contributed by atoms with E-state index >= 15 is 0 Å². The number of nitrogens with zero attached hydrogens (tertiary/aromatic N) is 1. The number of hydrogen-bond acceptors (Lipinski definition) is 5. The Bertz CT molecular complexity index is 1300. The summed E-state index contributed by atoms with van der Waals surface area (Å²) in [4.78, 5) is 25.1. The molecule has 178 valence electrons. The predicted molar refractivity (Wildman–Crippen MR) is 133 cm³/mol. The highest BCUT2D eigenvalue weighted by Gasteiger charge is 2.28. The molecule has 0 saturated carbocycles. The first kappa shape index (κ1) is 25.0. The predicted octanol–water partition coefficient (Wildman–Crippen LogP) is 4.62. The molecule has 0 aliphatic carbocycles. The number of ether oxygens (including phenoxy) is 1. The van der Waals surface area contributed by atoms with Gasteiger partial charge in [-0.15, -0.1) is 0 Å². The van der Waals surface area contributed by atoms with Gasteiger partial charge in [0.25, 0.3) is 10.0 Å². The number of rotatable bonds is 8. The van der Waals surface area contributed by atoms with E-state index in [2.05, 4.69) is 5.32 Å². The molecule has 3 aromatic rings. The SMILES string of the molecule is CCOC(=O)c1cccc(NC(=O)CN(c2cc(C)ccc2C)S(=O)(=O)c2ccc(C)cc2)c1. The van der Waals surface area contributed by atoms with Gasteiger partial charge in [-0.1, -0.05) is 35.9 Å². The van der Waals surface area contributed by atoms with Gasteiger partial charge in [0, 0.05) is 5.69 Å². The number of sulfonamides is 1. The molecule has 0 aromatic heterocycles. The molecule has 7 nitrogen and oxygen atoms in total. The second-order valence-corrected chi connectivity index (χ2v) is 9.83. The number of esters is 1. The minimum Gasteiger partial charge on any atom is -0.462 e. The summed E-state index contributed by atoms with van der Waals surface area (Å²) in [6, 6.07) is 18.3. The summed E-state index contributed by atoms with van der Waals surface area (Å²) in [6.07, 6.45) is 0. The summed E-state index contributed by atoms with van der Waals surface area (Å²) in [6.45, 7) is 7.03. The Balaban J connectivity index is 1.94. The van der Waals surface area contributed by atoms with Crippen molar-refractivity contribution in [3.05, 3.63) is 89.0 Å². The molecule has 0 bridgehead atoms. The molecular formula is C26H28N2O5S. The van der Waals surface area contributed by atoms with Gasteiger partial charge in [0.05, 0.1) is 22.8 Å². The molecule has 0 heterocycles. The van der Waals surface area contributed by atoms with Gasteiger partial charge in [0.2, 0.25) is 5.91 Å². The molecule has 0 atom stereocenters. The molecule has 8 heteroatoms. The number of benzene rings is 3. The number of amides is 1. The molecule has 0 saturated heterocycles. The van der Waals surface area contributed by atoms with E-state index in [0.717, 1.165) is 21.0 Å². The van der Waals surface area contributed by atoms with Crippen molar-refractivity contribution >= 4 is 33.3 Å². The lowest BCUT2D eigenvalue weighted by Crippen LogP contribution is -2.38. The summed E-state index contributed by atoms with van der Waals surface area (Å²) in [5.41, 5.74) is 3.60. The molecule has 0 unspecified atom stereocenters. The monoisotopic (exact) mass is 480 g/mol. The third-order valence-electron chi connectivity index (χ3n) is 5.19. The van der Waals surface area contributed by atoms with Crippen LogP contribution in [-0.2, 0) is 19.6 Å². The number of carbonyl (C=O) groups excluding carboxylic acids is 2. The van der Waals surface area contributed by atoms with Gasteiger partial charge in [-0.25, -0.2) is 13.2 Å². The van der Waals surface area contributed by atoms with Gasteiger partial charge < -0.3 is 10.1 Å². The fraction of sp³-hybridized carbons (Fsp3) is 0.231. The largest absolute Gasteiger partial charge is 0.462 e. The average Bonchev–Trinajstić information content (AvgIpc) is 2.80. The second kappa shape index (κ2) is 10.5. The minimum absolute atomic E-state index is 0.0936. The lowest BCUT2D eigenvalue weighted by Gasteiger charge is -2.26. The standard InChI is InChI=1S/C26H28N2O5S/c1-5-33-26(30)21-7-6-8-22(16-21)27-25(29)17-28(24-15-19(3)9-12-20(24)4)34(31,32)23-13-10-18(2)11-14-23/h6-16H,5,17H2,1-4H3,(H,27,29). The lowest BCUT2D eigenvalue weighted by atomic mass is 10.1. The first-order chi connectivity index (χ1) is 16.1. The highest BCUT2D eigenvalue weighted by atomic mass is 32.2. The highest BCUT2D eigenvalue weighted by Crippen LogP contribution is 2.28. The summed E-state index contributed by atoms with van der Waals surface area (Å²) in [5, 5.41) is 2.69. The first-order valence-electron chi connectivity index (χ1n) is 10.9. The number of aryl methyl sites for hydroxylation is 3. The Morgan fingerprint density at radius 2 is 1.59 bits per heavy atom. The Hall–Kier alpha value is -3.65. The fourth-order valence-corrected chi connectivity index (χ4v) is 4.87. The quantitative estimate of drug-likeness (QED) is 0.475. The van der Waals surface area contributed by atoms with Crippen molar-refractivity contribution in [1.29, 1.82) is 0 Å². The Morgan fingerprint density at radius 3 is 2.26 bits per heavy atom. The molecule has 0 fully saturated rings. The van der Waals surface area contributed by atoms with E-state index in [-0.39, 0.29) is 11.5 Å². The van der Waals surface area contributed by atoms with E-state index < -0.39 is 28.4 Å². The Morgan fingerprint density at radius 1 is 0.912 bits per heavy atom. The van der Waals surface area contributed by atoms with Crippen molar-refractivity contribution < 1.29 is 22.7 Å². The van der Waals surface area contributed by atoms with Crippen LogP contribution in [0.5, 0.6) is 0 Å². The maximum atomic E-state index is 13.6. The lowest BCUT2D eigenvalue weighted by molar-refractivity contribution is -0.114. The van der Waals surface area contributed by atoms with E-state index in [4.69, 9.17) is 4.74 Å². The van der Waals surface area contributed by atoms with E-state index in [0.29, 0.717) is 16.9 Å². The molecule has 3 aromatic carbocycles. The van der Waals surface area contributed by atoms with Crippen LogP contribution in [0.25, 0.3) is 0 Å². The molecule has 0 aliphatic heterocycles. The summed E-state index contributed by atoms with van der Waals surface area (Å²) >= 11 is 0. The average molecular weight is 481 g/mol. The Labute approximate surface area is 200 Å². The number of anilines is 2. The van der Waals surface area contributed by atoms with E-state index in [1.54, 1.807) is 50.2 Å². The first-order valence-corrected chi connectivity index (χ1v) is 12.3. The van der Waals surface area contributed by atoms with E-state index in [1.807, 2.05) is 26.0 Å². The van der Waals surface area contributed by atoms with Gasteiger partial charge in [0.1, 0.15) is 6.54 Å². The molecule has 3 rings (SSSR count). The topological polar surface area (TPSA) is 92.8 Å². The minimum atomic E-state index is -4.03.